The van der Waals surface area contributed by atoms with Crippen molar-refractivity contribution < 1.29 is 47.7 Å². The van der Waals surface area contributed by atoms with Gasteiger partial charge in [0.2, 0.25) is 5.91 Å². The molecule has 0 saturated carbocycles. The molecule has 0 aliphatic carbocycles. The standard InChI is InChI=1S/C5H12N2O.3ClH.2H3N/c1-3-5(6)7-4(2)8;;;;;/h5H,3,6H2,1-2H3,(H,7,8);3*1H;2*1H3. The highest BCUT2D eigenvalue weighted by molar-refractivity contribution is 5.72. The lowest BCUT2D eigenvalue weighted by atomic mass is 10.4. The summed E-state index contributed by atoms with van der Waals surface area (Å²) in [5.41, 5.74) is 3.66. The molecule has 1 atom stereocenters. The minimum absolute atomic E-state index is 0. The molecule has 0 aromatic rings. The Bertz CT molecular complexity index is 95.8. The van der Waals surface area contributed by atoms with Crippen LogP contribution in [0.15, 0.2) is 0 Å². The topological polar surface area (TPSA) is 130 Å². The fourth-order valence-corrected chi connectivity index (χ4v) is 0.390. The van der Waals surface area contributed by atoms with Crippen molar-refractivity contribution in [2.45, 2.75) is 26.4 Å². The van der Waals surface area contributed by atoms with Crippen molar-refractivity contribution in [2.24, 2.45) is 0 Å². The molecule has 88 valence electrons. The third kappa shape index (κ3) is 33.0. The van der Waals surface area contributed by atoms with Crippen molar-refractivity contribution in [2.75, 3.05) is 0 Å². The first kappa shape index (κ1) is 37.9. The van der Waals surface area contributed by atoms with Crippen LogP contribution in [0.1, 0.15) is 20.3 Å². The van der Waals surface area contributed by atoms with Crippen LogP contribution in [0.4, 0.5) is 0 Å². The van der Waals surface area contributed by atoms with Crippen molar-refractivity contribution in [3.8, 4) is 0 Å². The normalized spacial score (nSPS) is 7.92. The molecule has 12 N–H and O–H groups in total. The van der Waals surface area contributed by atoms with E-state index in [0.29, 0.717) is 0 Å². The maximum atomic E-state index is 10.3. The van der Waals surface area contributed by atoms with Gasteiger partial charge in [-0.3, -0.25) is 4.79 Å². The highest BCUT2D eigenvalue weighted by atomic mass is 35.5. The van der Waals surface area contributed by atoms with Crippen molar-refractivity contribution in [3.63, 3.8) is 0 Å². The number of halogens is 3. The van der Waals surface area contributed by atoms with Gasteiger partial charge in [-0.05, 0) is 0 Å². The first-order valence-corrected chi connectivity index (χ1v) is 2.77. The smallest absolute Gasteiger partial charge is 0.221 e. The number of rotatable bonds is 2. The zero-order chi connectivity index (χ0) is 6.57. The van der Waals surface area contributed by atoms with Crippen LogP contribution in [0, 0.1) is 0 Å². The van der Waals surface area contributed by atoms with Crippen molar-refractivity contribution >= 4 is 5.91 Å². The van der Waals surface area contributed by atoms with Crippen LogP contribution >= 0.6 is 0 Å². The summed E-state index contributed by atoms with van der Waals surface area (Å²) in [6, 6.07) is 0. The SMILES string of the molecule is CCC([NH3+])NC(C)=O.[Cl-].[Cl-].[Cl-].[NH4+].[NH4+]. The predicted octanol–water partition coefficient (Wildman–Crippen LogP) is -9.14. The zero-order valence-corrected chi connectivity index (χ0v) is 10.8. The second-order valence-corrected chi connectivity index (χ2v) is 1.81. The van der Waals surface area contributed by atoms with E-state index in [1.54, 1.807) is 0 Å². The lowest BCUT2D eigenvalue weighted by molar-refractivity contribution is -0.426. The first-order valence-electron chi connectivity index (χ1n) is 2.77. The van der Waals surface area contributed by atoms with E-state index >= 15 is 0 Å². The second-order valence-electron chi connectivity index (χ2n) is 1.81. The summed E-state index contributed by atoms with van der Waals surface area (Å²) < 4.78 is 0. The Balaban J connectivity index is -0.0000000245. The van der Waals surface area contributed by atoms with Gasteiger partial charge in [-0.25, -0.2) is 0 Å². The Morgan fingerprint density at radius 2 is 1.62 bits per heavy atom. The maximum absolute atomic E-state index is 10.3. The molecule has 0 spiro atoms. The Hall–Kier alpha value is 0.220. The summed E-state index contributed by atoms with van der Waals surface area (Å²) in [7, 11) is 0. The van der Waals surface area contributed by atoms with Crippen LogP contribution in [0.5, 0.6) is 0 Å². The van der Waals surface area contributed by atoms with Crippen LogP contribution in [-0.4, -0.2) is 12.1 Å². The average Bonchev–Trinajstić information content (AvgIpc) is 1.65. The summed E-state index contributed by atoms with van der Waals surface area (Å²) in [4.78, 5) is 10.3. The van der Waals surface area contributed by atoms with Gasteiger partial charge in [-0.2, -0.15) is 0 Å². The summed E-state index contributed by atoms with van der Waals surface area (Å²) >= 11 is 0. The van der Waals surface area contributed by atoms with Crippen molar-refractivity contribution in [1.82, 2.24) is 17.6 Å². The molecule has 8 heteroatoms. The lowest BCUT2D eigenvalue weighted by Crippen LogP contribution is -3.00. The minimum atomic E-state index is -0.00755. The molecule has 0 heterocycles. The third-order valence-electron chi connectivity index (χ3n) is 0.900. The van der Waals surface area contributed by atoms with Gasteiger partial charge in [0.25, 0.3) is 0 Å². The van der Waals surface area contributed by atoms with Gasteiger partial charge in [-0.1, -0.05) is 6.92 Å². The van der Waals surface area contributed by atoms with Gasteiger partial charge in [-0.15, -0.1) is 0 Å². The van der Waals surface area contributed by atoms with E-state index in [4.69, 9.17) is 0 Å². The predicted molar refractivity (Wildman–Crippen MR) is 42.8 cm³/mol. The summed E-state index contributed by atoms with van der Waals surface area (Å²) in [6.07, 6.45) is 0.965. The minimum Gasteiger partial charge on any atom is -1.00 e. The van der Waals surface area contributed by atoms with Gasteiger partial charge < -0.3 is 60.6 Å². The van der Waals surface area contributed by atoms with Crippen LogP contribution < -0.4 is 60.6 Å². The monoisotopic (exact) mass is 258 g/mol. The van der Waals surface area contributed by atoms with Gasteiger partial charge in [0, 0.05) is 13.3 Å². The lowest BCUT2D eigenvalue weighted by Gasteiger charge is -2.03. The Morgan fingerprint density at radius 1 is 1.31 bits per heavy atom. The molecule has 0 saturated heterocycles. The van der Waals surface area contributed by atoms with Crippen molar-refractivity contribution in [3.05, 3.63) is 0 Å². The molecule has 0 aliphatic rings. The summed E-state index contributed by atoms with van der Waals surface area (Å²) in [5.74, 6) is -0.00755. The molecule has 0 aromatic carbocycles. The maximum Gasteiger partial charge on any atom is 0.221 e. The molecule has 1 unspecified atom stereocenters. The summed E-state index contributed by atoms with van der Waals surface area (Å²) in [5, 5.41) is 2.64. The third-order valence-corrected chi connectivity index (χ3v) is 0.900. The number of amides is 1. The Morgan fingerprint density at radius 3 is 1.69 bits per heavy atom. The molecule has 1 amide bonds. The molecule has 0 fully saturated rings. The number of hydrogen-bond acceptors (Lipinski definition) is 1. The number of nitrogens with one attached hydrogen (secondary N) is 1. The van der Waals surface area contributed by atoms with Gasteiger partial charge in [0.15, 0.2) is 6.17 Å². The first-order chi connectivity index (χ1) is 3.66. The molecule has 0 bridgehead atoms. The van der Waals surface area contributed by atoms with E-state index in [-0.39, 0.29) is 61.6 Å². The zero-order valence-electron chi connectivity index (χ0n) is 8.53. The molecule has 0 radical (unpaired) electrons. The molecule has 0 rings (SSSR count). The molecule has 13 heavy (non-hydrogen) atoms. The van der Waals surface area contributed by atoms with E-state index < -0.39 is 0 Å². The quantitative estimate of drug-likeness (QED) is 0.361. The summed E-state index contributed by atoms with van der Waals surface area (Å²) in [6.45, 7) is 3.47. The Labute approximate surface area is 98.0 Å². The molecule has 5 nitrogen and oxygen atoms in total. The van der Waals surface area contributed by atoms with E-state index in [2.05, 4.69) is 11.1 Å². The highest BCUT2D eigenvalue weighted by Gasteiger charge is 2.00. The van der Waals surface area contributed by atoms with Crippen LogP contribution in [0.2, 0.25) is 0 Å². The number of carbonyl (C=O) groups excluding carboxylic acids is 1. The van der Waals surface area contributed by atoms with E-state index in [0.717, 1.165) is 6.42 Å². The largest absolute Gasteiger partial charge is 1.00 e. The second kappa shape index (κ2) is 22.8. The van der Waals surface area contributed by atoms with Crippen LogP contribution in [0.3, 0.4) is 0 Å². The molecular formula is C5H21Cl3N4O. The number of carbonyl (C=O) groups is 1. The van der Waals surface area contributed by atoms with Gasteiger partial charge >= 0.3 is 0 Å². The number of hydrogen-bond donors (Lipinski definition) is 4. The van der Waals surface area contributed by atoms with Crippen LogP contribution in [0.25, 0.3) is 0 Å². The fourth-order valence-electron chi connectivity index (χ4n) is 0.390. The fraction of sp³-hybridized carbons (Fsp3) is 0.800. The number of quaternary nitrogens is 3. The van der Waals surface area contributed by atoms with E-state index in [1.807, 2.05) is 6.92 Å². The van der Waals surface area contributed by atoms with E-state index in [1.165, 1.54) is 6.92 Å². The molecule has 0 aromatic heterocycles. The van der Waals surface area contributed by atoms with Crippen molar-refractivity contribution in [1.29, 1.82) is 0 Å². The van der Waals surface area contributed by atoms with Crippen LogP contribution in [-0.2, 0) is 4.79 Å². The van der Waals surface area contributed by atoms with Gasteiger partial charge in [0.05, 0.1) is 0 Å². The molecular weight excluding hydrogens is 238 g/mol. The Kier molecular flexibility index (Phi) is 66.3. The molecule has 0 aliphatic heterocycles. The van der Waals surface area contributed by atoms with E-state index in [9.17, 15) is 4.79 Å². The average molecular weight is 260 g/mol. The van der Waals surface area contributed by atoms with Gasteiger partial charge in [0.1, 0.15) is 0 Å². The highest BCUT2D eigenvalue weighted by Crippen LogP contribution is 1.74.